The van der Waals surface area contributed by atoms with E-state index in [2.05, 4.69) is 16.8 Å². The SMILES string of the molecule is Cc1cccc2ncc(C(=O)N3CC(N4CCCC[C@@H]4C)C3)c(=O)n12. The third-order valence-corrected chi connectivity index (χ3v) is 5.63. The van der Waals surface area contributed by atoms with Crippen molar-refractivity contribution in [1.82, 2.24) is 19.2 Å². The number of amides is 1. The first-order valence-electron chi connectivity index (χ1n) is 9.08. The Balaban J connectivity index is 1.53. The molecule has 2 aliphatic rings. The Hall–Kier alpha value is -2.21. The molecule has 0 N–H and O–H groups in total. The third-order valence-electron chi connectivity index (χ3n) is 5.63. The highest BCUT2D eigenvalue weighted by Gasteiger charge is 2.38. The molecule has 2 aromatic heterocycles. The lowest BCUT2D eigenvalue weighted by atomic mass is 9.97. The molecule has 4 rings (SSSR count). The summed E-state index contributed by atoms with van der Waals surface area (Å²) in [7, 11) is 0. The lowest BCUT2D eigenvalue weighted by Gasteiger charge is -2.49. The summed E-state index contributed by atoms with van der Waals surface area (Å²) in [5.41, 5.74) is 1.25. The van der Waals surface area contributed by atoms with Gasteiger partial charge in [-0.05, 0) is 45.4 Å². The van der Waals surface area contributed by atoms with Crippen LogP contribution in [0.1, 0.15) is 42.2 Å². The van der Waals surface area contributed by atoms with Crippen LogP contribution in [-0.4, -0.2) is 56.8 Å². The molecule has 132 valence electrons. The number of aromatic nitrogens is 2. The van der Waals surface area contributed by atoms with Crippen LogP contribution in [0.25, 0.3) is 5.65 Å². The molecule has 0 radical (unpaired) electrons. The first-order chi connectivity index (χ1) is 12.1. The number of pyridine rings is 1. The molecule has 6 heteroatoms. The molecule has 2 aliphatic heterocycles. The predicted molar refractivity (Wildman–Crippen MR) is 95.9 cm³/mol. The van der Waals surface area contributed by atoms with Gasteiger partial charge in [0.15, 0.2) is 0 Å². The number of carbonyl (C=O) groups is 1. The third kappa shape index (κ3) is 2.74. The molecular formula is C19H24N4O2. The van der Waals surface area contributed by atoms with Crippen LogP contribution in [0.2, 0.25) is 0 Å². The van der Waals surface area contributed by atoms with E-state index in [1.165, 1.54) is 29.9 Å². The predicted octanol–water partition coefficient (Wildman–Crippen LogP) is 1.70. The normalized spacial score (nSPS) is 22.2. The highest BCUT2D eigenvalue weighted by molar-refractivity contribution is 5.94. The molecule has 0 bridgehead atoms. The van der Waals surface area contributed by atoms with Gasteiger partial charge in [0.05, 0.1) is 0 Å². The molecule has 0 aliphatic carbocycles. The van der Waals surface area contributed by atoms with Crippen molar-refractivity contribution in [2.24, 2.45) is 0 Å². The summed E-state index contributed by atoms with van der Waals surface area (Å²) in [6.45, 7) is 6.65. The summed E-state index contributed by atoms with van der Waals surface area (Å²) in [6.07, 6.45) is 5.20. The van der Waals surface area contributed by atoms with Gasteiger partial charge in [0, 0.05) is 37.1 Å². The molecule has 0 unspecified atom stereocenters. The summed E-state index contributed by atoms with van der Waals surface area (Å²) in [5.74, 6) is -0.198. The van der Waals surface area contributed by atoms with Gasteiger partial charge >= 0.3 is 0 Å². The lowest BCUT2D eigenvalue weighted by molar-refractivity contribution is 0.00200. The average Bonchev–Trinajstić information content (AvgIpc) is 2.55. The zero-order valence-corrected chi connectivity index (χ0v) is 14.8. The number of hydrogen-bond donors (Lipinski definition) is 0. The van der Waals surface area contributed by atoms with Crippen LogP contribution in [0.5, 0.6) is 0 Å². The molecule has 0 spiro atoms. The Morgan fingerprint density at radius 1 is 1.24 bits per heavy atom. The van der Waals surface area contributed by atoms with Crippen LogP contribution in [0.3, 0.4) is 0 Å². The van der Waals surface area contributed by atoms with Crippen LogP contribution < -0.4 is 5.56 Å². The van der Waals surface area contributed by atoms with Gasteiger partial charge in [-0.15, -0.1) is 0 Å². The van der Waals surface area contributed by atoms with Crippen molar-refractivity contribution in [3.63, 3.8) is 0 Å². The Morgan fingerprint density at radius 2 is 2.04 bits per heavy atom. The molecule has 1 amide bonds. The fraction of sp³-hybridized carbons (Fsp3) is 0.526. The van der Waals surface area contributed by atoms with Crippen molar-refractivity contribution in [2.75, 3.05) is 19.6 Å². The Bertz CT molecular complexity index is 869. The van der Waals surface area contributed by atoms with Crippen LogP contribution in [-0.2, 0) is 0 Å². The van der Waals surface area contributed by atoms with Crippen molar-refractivity contribution in [3.8, 4) is 0 Å². The molecule has 2 fully saturated rings. The Morgan fingerprint density at radius 3 is 2.80 bits per heavy atom. The molecule has 2 aromatic rings. The van der Waals surface area contributed by atoms with E-state index in [4.69, 9.17) is 0 Å². The highest BCUT2D eigenvalue weighted by Crippen LogP contribution is 2.25. The largest absolute Gasteiger partial charge is 0.335 e. The van der Waals surface area contributed by atoms with E-state index < -0.39 is 0 Å². The minimum absolute atomic E-state index is 0.164. The minimum Gasteiger partial charge on any atom is -0.335 e. The van der Waals surface area contributed by atoms with Gasteiger partial charge in [-0.1, -0.05) is 12.5 Å². The summed E-state index contributed by atoms with van der Waals surface area (Å²) in [5, 5.41) is 0. The Kier molecular flexibility index (Phi) is 4.07. The van der Waals surface area contributed by atoms with Crippen molar-refractivity contribution in [3.05, 3.63) is 46.0 Å². The second kappa shape index (κ2) is 6.26. The van der Waals surface area contributed by atoms with Crippen LogP contribution in [0.4, 0.5) is 0 Å². The standard InChI is InChI=1S/C19H24N4O2/c1-13-6-3-4-9-22(13)15-11-21(12-15)18(24)16-10-20-17-8-5-7-14(2)23(17)19(16)25/h5,7-8,10,13,15H,3-4,6,9,11-12H2,1-2H3/t13-/m0/s1. The molecule has 1 atom stereocenters. The highest BCUT2D eigenvalue weighted by atomic mass is 16.2. The van der Waals surface area contributed by atoms with E-state index in [-0.39, 0.29) is 17.0 Å². The molecule has 6 nitrogen and oxygen atoms in total. The van der Waals surface area contributed by atoms with Crippen LogP contribution in [0, 0.1) is 6.92 Å². The second-order valence-electron chi connectivity index (χ2n) is 7.28. The van der Waals surface area contributed by atoms with Gasteiger partial charge in [0.25, 0.3) is 11.5 Å². The summed E-state index contributed by atoms with van der Waals surface area (Å²) in [4.78, 5) is 34.1. The number of nitrogens with zero attached hydrogens (tertiary/aromatic N) is 4. The van der Waals surface area contributed by atoms with Gasteiger partial charge in [0.2, 0.25) is 0 Å². The first kappa shape index (κ1) is 16.3. The maximum absolute atomic E-state index is 12.8. The van der Waals surface area contributed by atoms with E-state index in [0.717, 1.165) is 12.2 Å². The van der Waals surface area contributed by atoms with Gasteiger partial charge in [0.1, 0.15) is 11.2 Å². The van der Waals surface area contributed by atoms with E-state index in [1.807, 2.05) is 19.1 Å². The summed E-state index contributed by atoms with van der Waals surface area (Å²) >= 11 is 0. The lowest BCUT2D eigenvalue weighted by Crippen LogP contribution is -2.63. The van der Waals surface area contributed by atoms with Crippen LogP contribution >= 0.6 is 0 Å². The molecular weight excluding hydrogens is 316 g/mol. The molecule has 0 aromatic carbocycles. The van der Waals surface area contributed by atoms with Crippen molar-refractivity contribution in [1.29, 1.82) is 0 Å². The quantitative estimate of drug-likeness (QED) is 0.835. The molecule has 2 saturated heterocycles. The van der Waals surface area contributed by atoms with Crippen molar-refractivity contribution >= 4 is 11.6 Å². The summed E-state index contributed by atoms with van der Waals surface area (Å²) in [6, 6.07) is 6.50. The number of aryl methyl sites for hydroxylation is 1. The van der Waals surface area contributed by atoms with E-state index in [0.29, 0.717) is 30.8 Å². The molecule has 0 saturated carbocycles. The minimum atomic E-state index is -0.275. The Labute approximate surface area is 147 Å². The van der Waals surface area contributed by atoms with Gasteiger partial charge < -0.3 is 4.90 Å². The maximum atomic E-state index is 12.8. The fourth-order valence-corrected chi connectivity index (χ4v) is 4.09. The number of rotatable bonds is 2. The van der Waals surface area contributed by atoms with Crippen LogP contribution in [0.15, 0.2) is 29.2 Å². The first-order valence-corrected chi connectivity index (χ1v) is 9.08. The molecule has 4 heterocycles. The van der Waals surface area contributed by atoms with Gasteiger partial charge in [-0.3, -0.25) is 18.9 Å². The monoisotopic (exact) mass is 340 g/mol. The van der Waals surface area contributed by atoms with Crippen molar-refractivity contribution < 1.29 is 4.79 Å². The number of likely N-dealkylation sites (tertiary alicyclic amines) is 2. The topological polar surface area (TPSA) is 57.9 Å². The summed E-state index contributed by atoms with van der Waals surface area (Å²) < 4.78 is 1.51. The number of piperidine rings is 1. The smallest absolute Gasteiger partial charge is 0.270 e. The second-order valence-corrected chi connectivity index (χ2v) is 7.28. The zero-order chi connectivity index (χ0) is 17.6. The van der Waals surface area contributed by atoms with Gasteiger partial charge in [-0.25, -0.2) is 4.98 Å². The fourth-order valence-electron chi connectivity index (χ4n) is 4.09. The van der Waals surface area contributed by atoms with E-state index in [1.54, 1.807) is 11.0 Å². The van der Waals surface area contributed by atoms with Gasteiger partial charge in [-0.2, -0.15) is 0 Å². The zero-order valence-electron chi connectivity index (χ0n) is 14.8. The van der Waals surface area contributed by atoms with Crippen molar-refractivity contribution in [2.45, 2.75) is 45.2 Å². The maximum Gasteiger partial charge on any atom is 0.270 e. The average molecular weight is 340 g/mol. The molecule has 25 heavy (non-hydrogen) atoms. The van der Waals surface area contributed by atoms with E-state index in [9.17, 15) is 9.59 Å². The number of carbonyl (C=O) groups excluding carboxylic acids is 1. The van der Waals surface area contributed by atoms with E-state index >= 15 is 0 Å². The number of hydrogen-bond acceptors (Lipinski definition) is 4. The number of fused-ring (bicyclic) bond motifs is 1.